The highest BCUT2D eigenvalue weighted by atomic mass is 32.1. The lowest BCUT2D eigenvalue weighted by atomic mass is 10.1. The standard InChI is InChI=1S/C27H31N5O3S/c1-31-12-4-5-15-34-18-22-7-9-25(36-22)23-10-11-28-27(30-23)29-21-6-8-24(20(16-21)17-31)35-19-26(33)32-13-2-3-14-32/h4-11,16H,2-3,12-15,17-19H2,1H3,(H,28,29,30). The molecular weight excluding hydrogens is 474 g/mol. The molecule has 5 rings (SSSR count). The Balaban J connectivity index is 1.39. The summed E-state index contributed by atoms with van der Waals surface area (Å²) in [6, 6.07) is 12.0. The monoisotopic (exact) mass is 505 g/mol. The molecule has 1 aromatic carbocycles. The summed E-state index contributed by atoms with van der Waals surface area (Å²) in [5.74, 6) is 1.28. The van der Waals surface area contributed by atoms with Crippen LogP contribution < -0.4 is 10.1 Å². The Kier molecular flexibility index (Phi) is 7.90. The number of carbonyl (C=O) groups excluding carboxylic acids is 1. The third kappa shape index (κ3) is 6.29. The molecule has 1 N–H and O–H groups in total. The minimum Gasteiger partial charge on any atom is -0.483 e. The van der Waals surface area contributed by atoms with Crippen LogP contribution in [0.1, 0.15) is 23.3 Å². The molecule has 1 amide bonds. The number of rotatable bonds is 3. The van der Waals surface area contributed by atoms with Crippen LogP contribution in [0.25, 0.3) is 10.6 Å². The number of amides is 1. The van der Waals surface area contributed by atoms with E-state index in [-0.39, 0.29) is 12.5 Å². The topological polar surface area (TPSA) is 79.8 Å². The molecule has 1 fully saturated rings. The van der Waals surface area contributed by atoms with Gasteiger partial charge in [-0.2, -0.15) is 0 Å². The lowest BCUT2D eigenvalue weighted by molar-refractivity contribution is -0.132. The number of thiophene rings is 1. The molecule has 1 saturated heterocycles. The van der Waals surface area contributed by atoms with Gasteiger partial charge in [0.1, 0.15) is 5.75 Å². The number of likely N-dealkylation sites (N-methyl/N-ethyl adjacent to an activating group) is 1. The summed E-state index contributed by atoms with van der Waals surface area (Å²) in [7, 11) is 2.06. The third-order valence-electron chi connectivity index (χ3n) is 6.18. The molecule has 2 aromatic heterocycles. The van der Waals surface area contributed by atoms with Crippen molar-refractivity contribution in [1.82, 2.24) is 19.8 Å². The van der Waals surface area contributed by atoms with Gasteiger partial charge >= 0.3 is 0 Å². The molecule has 188 valence electrons. The van der Waals surface area contributed by atoms with Crippen LogP contribution in [0.15, 0.2) is 54.7 Å². The Morgan fingerprint density at radius 1 is 1.17 bits per heavy atom. The number of hydrogen-bond acceptors (Lipinski definition) is 8. The summed E-state index contributed by atoms with van der Waals surface area (Å²) in [6.45, 7) is 4.25. The molecule has 36 heavy (non-hydrogen) atoms. The number of nitrogens with one attached hydrogen (secondary N) is 1. The second-order valence-corrected chi connectivity index (χ2v) is 10.2. The van der Waals surface area contributed by atoms with E-state index in [2.05, 4.69) is 46.5 Å². The molecule has 6 bridgehead atoms. The zero-order chi connectivity index (χ0) is 24.7. The van der Waals surface area contributed by atoms with E-state index in [1.807, 2.05) is 29.2 Å². The van der Waals surface area contributed by atoms with E-state index in [4.69, 9.17) is 14.5 Å². The SMILES string of the molecule is CN1CC=CCOCc2ccc(s2)-c2ccnc(n2)Nc2ccc(OCC(=O)N3CCCC3)c(c2)C1. The minimum absolute atomic E-state index is 0.0420. The van der Waals surface area contributed by atoms with Crippen molar-refractivity contribution >= 4 is 28.9 Å². The average molecular weight is 506 g/mol. The van der Waals surface area contributed by atoms with Crippen LogP contribution in [0.4, 0.5) is 11.6 Å². The van der Waals surface area contributed by atoms with Crippen LogP contribution in [0.5, 0.6) is 5.75 Å². The molecular formula is C27H31N5O3S. The van der Waals surface area contributed by atoms with E-state index in [0.717, 1.165) is 59.2 Å². The molecule has 0 atom stereocenters. The van der Waals surface area contributed by atoms with Crippen LogP contribution >= 0.6 is 11.3 Å². The molecule has 3 aromatic rings. The average Bonchev–Trinajstić information content (AvgIpc) is 3.58. The van der Waals surface area contributed by atoms with E-state index in [9.17, 15) is 4.79 Å². The number of nitrogens with zero attached hydrogens (tertiary/aromatic N) is 4. The molecule has 0 spiro atoms. The normalized spacial score (nSPS) is 16.8. The largest absolute Gasteiger partial charge is 0.483 e. The highest BCUT2D eigenvalue weighted by molar-refractivity contribution is 7.15. The van der Waals surface area contributed by atoms with E-state index in [1.165, 1.54) is 0 Å². The van der Waals surface area contributed by atoms with Gasteiger partial charge in [-0.05, 0) is 56.3 Å². The molecule has 0 unspecified atom stereocenters. The number of likely N-dealkylation sites (tertiary alicyclic amines) is 1. The fourth-order valence-corrected chi connectivity index (χ4v) is 5.22. The number of ether oxygens (including phenoxy) is 2. The zero-order valence-electron chi connectivity index (χ0n) is 20.5. The van der Waals surface area contributed by atoms with Gasteiger partial charge in [0, 0.05) is 48.5 Å². The lowest BCUT2D eigenvalue weighted by Crippen LogP contribution is -2.32. The van der Waals surface area contributed by atoms with Crippen LogP contribution in [0.3, 0.4) is 0 Å². The van der Waals surface area contributed by atoms with Gasteiger partial charge in [-0.3, -0.25) is 9.69 Å². The van der Waals surface area contributed by atoms with E-state index in [1.54, 1.807) is 17.5 Å². The zero-order valence-corrected chi connectivity index (χ0v) is 21.3. The molecule has 8 nitrogen and oxygen atoms in total. The molecule has 0 aliphatic carbocycles. The summed E-state index contributed by atoms with van der Waals surface area (Å²) >= 11 is 1.67. The van der Waals surface area contributed by atoms with Gasteiger partial charge in [-0.25, -0.2) is 9.97 Å². The number of hydrogen-bond donors (Lipinski definition) is 1. The van der Waals surface area contributed by atoms with Gasteiger partial charge in [0.15, 0.2) is 6.61 Å². The first-order valence-corrected chi connectivity index (χ1v) is 13.1. The number of carbonyl (C=O) groups is 1. The van der Waals surface area contributed by atoms with E-state index in [0.29, 0.717) is 31.5 Å². The van der Waals surface area contributed by atoms with Crippen LogP contribution in [-0.2, 0) is 22.7 Å². The summed E-state index contributed by atoms with van der Waals surface area (Å²) in [6.07, 6.45) is 8.06. The Hall–Kier alpha value is -3.27. The smallest absolute Gasteiger partial charge is 0.260 e. The van der Waals surface area contributed by atoms with Crippen molar-refractivity contribution in [3.63, 3.8) is 0 Å². The van der Waals surface area contributed by atoms with Gasteiger partial charge in [0.05, 0.1) is 23.8 Å². The number of benzene rings is 1. The van der Waals surface area contributed by atoms with Gasteiger partial charge in [-0.15, -0.1) is 11.3 Å². The summed E-state index contributed by atoms with van der Waals surface area (Å²) < 4.78 is 11.8. The number of anilines is 2. The number of fused-ring (bicyclic) bond motifs is 7. The van der Waals surface area contributed by atoms with Crippen molar-refractivity contribution in [3.05, 3.63) is 65.2 Å². The molecule has 2 aliphatic heterocycles. The summed E-state index contributed by atoms with van der Waals surface area (Å²) in [4.78, 5) is 28.0. The van der Waals surface area contributed by atoms with Crippen LogP contribution in [0, 0.1) is 0 Å². The van der Waals surface area contributed by atoms with Crippen molar-refractivity contribution in [2.24, 2.45) is 0 Å². The molecule has 0 saturated carbocycles. The predicted octanol–water partition coefficient (Wildman–Crippen LogP) is 4.47. The lowest BCUT2D eigenvalue weighted by Gasteiger charge is -2.20. The first-order valence-electron chi connectivity index (χ1n) is 12.3. The highest BCUT2D eigenvalue weighted by Gasteiger charge is 2.19. The van der Waals surface area contributed by atoms with Gasteiger partial charge in [0.2, 0.25) is 5.95 Å². The Labute approximate surface area is 215 Å². The summed E-state index contributed by atoms with van der Waals surface area (Å²) in [5, 5.41) is 3.33. The molecule has 2 aliphatic rings. The molecule has 0 radical (unpaired) electrons. The van der Waals surface area contributed by atoms with Crippen molar-refractivity contribution in [2.45, 2.75) is 26.0 Å². The maximum Gasteiger partial charge on any atom is 0.260 e. The minimum atomic E-state index is 0.0420. The van der Waals surface area contributed by atoms with E-state index >= 15 is 0 Å². The summed E-state index contributed by atoms with van der Waals surface area (Å²) in [5.41, 5.74) is 2.72. The first-order chi connectivity index (χ1) is 17.6. The Morgan fingerprint density at radius 3 is 2.94 bits per heavy atom. The van der Waals surface area contributed by atoms with Crippen molar-refractivity contribution < 1.29 is 14.3 Å². The fourth-order valence-electron chi connectivity index (χ4n) is 4.30. The van der Waals surface area contributed by atoms with Crippen molar-refractivity contribution in [1.29, 1.82) is 0 Å². The number of aromatic nitrogens is 2. The Bertz CT molecular complexity index is 1220. The van der Waals surface area contributed by atoms with Crippen LogP contribution in [0.2, 0.25) is 0 Å². The van der Waals surface area contributed by atoms with Crippen LogP contribution in [-0.4, -0.2) is 65.6 Å². The van der Waals surface area contributed by atoms with Gasteiger partial charge < -0.3 is 19.7 Å². The maximum atomic E-state index is 12.5. The molecule has 9 heteroatoms. The van der Waals surface area contributed by atoms with Crippen molar-refractivity contribution in [3.8, 4) is 16.3 Å². The highest BCUT2D eigenvalue weighted by Crippen LogP contribution is 2.29. The second kappa shape index (κ2) is 11.6. The molecule has 4 heterocycles. The van der Waals surface area contributed by atoms with Gasteiger partial charge in [0.25, 0.3) is 5.91 Å². The second-order valence-electron chi connectivity index (χ2n) is 9.04. The maximum absolute atomic E-state index is 12.5. The third-order valence-corrected chi connectivity index (χ3v) is 7.26. The fraction of sp³-hybridized carbons (Fsp3) is 0.370. The first kappa shape index (κ1) is 24.4. The quantitative estimate of drug-likeness (QED) is 0.526. The van der Waals surface area contributed by atoms with Gasteiger partial charge in [-0.1, -0.05) is 12.2 Å². The van der Waals surface area contributed by atoms with Crippen molar-refractivity contribution in [2.75, 3.05) is 45.2 Å². The predicted molar refractivity (Wildman–Crippen MR) is 142 cm³/mol. The Morgan fingerprint density at radius 2 is 2.06 bits per heavy atom. The van der Waals surface area contributed by atoms with E-state index < -0.39 is 0 Å².